The molecule has 1 rings (SSSR count). The average Bonchev–Trinajstić information content (AvgIpc) is 2.37. The first-order valence-corrected chi connectivity index (χ1v) is 6.31. The summed E-state index contributed by atoms with van der Waals surface area (Å²) in [6.07, 6.45) is 2.35. The van der Waals surface area contributed by atoms with Gasteiger partial charge in [0.15, 0.2) is 0 Å². The molecule has 100 valence electrons. The van der Waals surface area contributed by atoms with E-state index in [0.29, 0.717) is 12.4 Å². The first kappa shape index (κ1) is 14.3. The summed E-state index contributed by atoms with van der Waals surface area (Å²) >= 11 is 0. The summed E-state index contributed by atoms with van der Waals surface area (Å²) in [6, 6.07) is -0.165. The van der Waals surface area contributed by atoms with Crippen LogP contribution in [-0.2, 0) is 17.6 Å². The lowest BCUT2D eigenvalue weighted by Gasteiger charge is -2.15. The van der Waals surface area contributed by atoms with Gasteiger partial charge >= 0.3 is 5.97 Å². The molecule has 0 spiro atoms. The summed E-state index contributed by atoms with van der Waals surface area (Å²) in [5.74, 6) is -0.416. The second kappa shape index (κ2) is 6.88. The predicted octanol–water partition coefficient (Wildman–Crippen LogP) is 1.66. The topological polar surface area (TPSA) is 88.0 Å². The van der Waals surface area contributed by atoms with Crippen LogP contribution in [0.1, 0.15) is 45.0 Å². The molecule has 0 aliphatic heterocycles. The van der Waals surface area contributed by atoms with Crippen LogP contribution in [0.4, 0.5) is 5.95 Å². The van der Waals surface area contributed by atoms with Crippen LogP contribution in [0.15, 0.2) is 0 Å². The first-order valence-electron chi connectivity index (χ1n) is 6.31. The van der Waals surface area contributed by atoms with Gasteiger partial charge in [0.25, 0.3) is 0 Å². The van der Waals surface area contributed by atoms with E-state index in [1.807, 2.05) is 20.8 Å². The Labute approximate surface area is 107 Å². The number of aromatic nitrogens is 3. The van der Waals surface area contributed by atoms with Crippen molar-refractivity contribution in [3.8, 4) is 0 Å². The summed E-state index contributed by atoms with van der Waals surface area (Å²) in [6.45, 7) is 5.95. The molecule has 0 aliphatic rings. The van der Waals surface area contributed by atoms with E-state index >= 15 is 0 Å². The largest absolute Gasteiger partial charge is 0.481 e. The van der Waals surface area contributed by atoms with E-state index in [4.69, 9.17) is 5.11 Å². The van der Waals surface area contributed by atoms with E-state index < -0.39 is 5.97 Å². The minimum Gasteiger partial charge on any atom is -0.481 e. The van der Waals surface area contributed by atoms with Gasteiger partial charge in [-0.1, -0.05) is 20.8 Å². The summed E-state index contributed by atoms with van der Waals surface area (Å²) in [5, 5.41) is 19.9. The van der Waals surface area contributed by atoms with Crippen molar-refractivity contribution in [1.82, 2.24) is 15.2 Å². The first-order chi connectivity index (χ1) is 8.60. The monoisotopic (exact) mass is 252 g/mol. The number of hydrogen-bond acceptors (Lipinski definition) is 5. The Hall–Kier alpha value is -1.72. The molecule has 2 N–H and O–H groups in total. The van der Waals surface area contributed by atoms with Crippen LogP contribution in [0.3, 0.4) is 0 Å². The molecule has 0 bridgehead atoms. The fraction of sp³-hybridized carbons (Fsp3) is 0.667. The highest BCUT2D eigenvalue weighted by atomic mass is 16.4. The molecule has 1 aromatic heterocycles. The molecule has 6 nitrogen and oxygen atoms in total. The zero-order chi connectivity index (χ0) is 13.5. The molecule has 0 aliphatic carbocycles. The molecule has 1 unspecified atom stereocenters. The summed E-state index contributed by atoms with van der Waals surface area (Å²) in [7, 11) is 0. The summed E-state index contributed by atoms with van der Waals surface area (Å²) in [4.78, 5) is 15.1. The molecule has 0 saturated heterocycles. The number of rotatable bonds is 7. The fourth-order valence-corrected chi connectivity index (χ4v) is 1.69. The van der Waals surface area contributed by atoms with Crippen LogP contribution < -0.4 is 5.32 Å². The average molecular weight is 252 g/mol. The molecule has 1 aromatic rings. The Kier molecular flexibility index (Phi) is 5.48. The maximum Gasteiger partial charge on any atom is 0.305 e. The molecule has 0 saturated carbocycles. The number of aryl methyl sites for hydroxylation is 2. The van der Waals surface area contributed by atoms with E-state index in [2.05, 4.69) is 20.5 Å². The van der Waals surface area contributed by atoms with Gasteiger partial charge in [0, 0.05) is 6.04 Å². The number of nitrogens with one attached hydrogen (secondary N) is 1. The lowest BCUT2D eigenvalue weighted by molar-refractivity contribution is -0.137. The molecule has 6 heteroatoms. The second-order valence-electron chi connectivity index (χ2n) is 4.08. The van der Waals surface area contributed by atoms with E-state index in [-0.39, 0.29) is 12.5 Å². The minimum absolute atomic E-state index is 0.0524. The Morgan fingerprint density at radius 3 is 2.39 bits per heavy atom. The fourth-order valence-electron chi connectivity index (χ4n) is 1.69. The van der Waals surface area contributed by atoms with Crippen molar-refractivity contribution in [2.24, 2.45) is 0 Å². The Balaban J connectivity index is 2.80. The van der Waals surface area contributed by atoms with Crippen molar-refractivity contribution in [3.05, 3.63) is 11.4 Å². The van der Waals surface area contributed by atoms with Crippen molar-refractivity contribution < 1.29 is 9.90 Å². The lowest BCUT2D eigenvalue weighted by atomic mass is 10.1. The van der Waals surface area contributed by atoms with Crippen molar-refractivity contribution >= 4 is 11.9 Å². The standard InChI is InChI=1S/C12H20N4O2/c1-4-8(7-11(17)18)13-12-14-9(5-2)10(6-3)15-16-12/h8H,4-7H2,1-3H3,(H,17,18)(H,13,14,16). The van der Waals surface area contributed by atoms with Gasteiger partial charge in [0.2, 0.25) is 5.95 Å². The predicted molar refractivity (Wildman–Crippen MR) is 68.5 cm³/mol. The van der Waals surface area contributed by atoms with Crippen molar-refractivity contribution in [2.75, 3.05) is 5.32 Å². The zero-order valence-corrected chi connectivity index (χ0v) is 11.1. The molecule has 0 fully saturated rings. The highest BCUT2D eigenvalue weighted by Gasteiger charge is 2.13. The molecule has 0 aromatic carbocycles. The molecular weight excluding hydrogens is 232 g/mol. The van der Waals surface area contributed by atoms with E-state index in [0.717, 1.165) is 24.2 Å². The van der Waals surface area contributed by atoms with Crippen LogP contribution in [0.2, 0.25) is 0 Å². The number of carboxylic acids is 1. The highest BCUT2D eigenvalue weighted by Crippen LogP contribution is 2.10. The molecule has 0 radical (unpaired) electrons. The van der Waals surface area contributed by atoms with E-state index in [1.165, 1.54) is 0 Å². The van der Waals surface area contributed by atoms with Crippen LogP contribution in [0.5, 0.6) is 0 Å². The van der Waals surface area contributed by atoms with Gasteiger partial charge in [-0.15, -0.1) is 5.10 Å². The number of anilines is 1. The highest BCUT2D eigenvalue weighted by molar-refractivity contribution is 5.68. The van der Waals surface area contributed by atoms with Gasteiger partial charge in [0.1, 0.15) is 0 Å². The third-order valence-corrected chi connectivity index (χ3v) is 2.76. The SMILES string of the molecule is CCc1nnc(NC(CC)CC(=O)O)nc1CC. The minimum atomic E-state index is -0.830. The van der Waals surface area contributed by atoms with Crippen molar-refractivity contribution in [1.29, 1.82) is 0 Å². The molecular formula is C12H20N4O2. The quantitative estimate of drug-likeness (QED) is 0.767. The Morgan fingerprint density at radius 1 is 1.22 bits per heavy atom. The number of hydrogen-bond donors (Lipinski definition) is 2. The van der Waals surface area contributed by atoms with Crippen LogP contribution in [-0.4, -0.2) is 32.3 Å². The number of nitrogens with zero attached hydrogens (tertiary/aromatic N) is 3. The Morgan fingerprint density at radius 2 is 1.89 bits per heavy atom. The summed E-state index contributed by atoms with van der Waals surface area (Å²) < 4.78 is 0. The molecule has 1 heterocycles. The lowest BCUT2D eigenvalue weighted by Crippen LogP contribution is -2.24. The molecule has 0 amide bonds. The number of aliphatic carboxylic acids is 1. The zero-order valence-electron chi connectivity index (χ0n) is 11.1. The van der Waals surface area contributed by atoms with Crippen LogP contribution >= 0.6 is 0 Å². The van der Waals surface area contributed by atoms with Crippen molar-refractivity contribution in [3.63, 3.8) is 0 Å². The van der Waals surface area contributed by atoms with Crippen LogP contribution in [0, 0.1) is 0 Å². The molecule has 1 atom stereocenters. The van der Waals surface area contributed by atoms with Gasteiger partial charge in [-0.3, -0.25) is 4.79 Å². The van der Waals surface area contributed by atoms with E-state index in [1.54, 1.807) is 0 Å². The third kappa shape index (κ3) is 3.94. The number of carbonyl (C=O) groups is 1. The van der Waals surface area contributed by atoms with Gasteiger partial charge in [0.05, 0.1) is 17.8 Å². The van der Waals surface area contributed by atoms with Gasteiger partial charge in [-0.05, 0) is 19.3 Å². The van der Waals surface area contributed by atoms with Gasteiger partial charge in [-0.25, -0.2) is 4.98 Å². The molecule has 18 heavy (non-hydrogen) atoms. The van der Waals surface area contributed by atoms with Crippen molar-refractivity contribution in [2.45, 2.75) is 52.5 Å². The van der Waals surface area contributed by atoms with E-state index in [9.17, 15) is 4.79 Å². The second-order valence-corrected chi connectivity index (χ2v) is 4.08. The summed E-state index contributed by atoms with van der Waals surface area (Å²) in [5.41, 5.74) is 1.81. The third-order valence-electron chi connectivity index (χ3n) is 2.76. The smallest absolute Gasteiger partial charge is 0.305 e. The number of carboxylic acid groups (broad SMARTS) is 1. The maximum atomic E-state index is 10.7. The Bertz CT molecular complexity index is 409. The van der Waals surface area contributed by atoms with Crippen LogP contribution in [0.25, 0.3) is 0 Å². The normalized spacial score (nSPS) is 12.2. The maximum absolute atomic E-state index is 10.7. The van der Waals surface area contributed by atoms with Gasteiger partial charge in [-0.2, -0.15) is 5.10 Å². The van der Waals surface area contributed by atoms with Gasteiger partial charge < -0.3 is 10.4 Å².